The first kappa shape index (κ1) is 19.2. The number of amides is 1. The van der Waals surface area contributed by atoms with Crippen LogP contribution < -0.4 is 5.32 Å². The molecule has 1 amide bonds. The molecular formula is C12H15BrClF3N2O. The fraction of sp³-hybridized carbons (Fsp3) is 0.417. The van der Waals surface area contributed by atoms with E-state index in [0.29, 0.717) is 13.1 Å². The predicted octanol–water partition coefficient (Wildman–Crippen LogP) is 3.18. The van der Waals surface area contributed by atoms with Gasteiger partial charge in [0.05, 0.1) is 11.1 Å². The average Bonchev–Trinajstić information content (AvgIpc) is 2.34. The molecule has 0 aliphatic rings. The summed E-state index contributed by atoms with van der Waals surface area (Å²) in [4.78, 5) is 13.3. The molecule has 0 aliphatic heterocycles. The smallest absolute Gasteiger partial charge is 0.340 e. The van der Waals surface area contributed by atoms with Crippen LogP contribution in [0.3, 0.4) is 0 Å². The number of likely N-dealkylation sites (N-methyl/N-ethyl adjacent to an activating group) is 2. The first-order valence-electron chi connectivity index (χ1n) is 5.54. The van der Waals surface area contributed by atoms with Gasteiger partial charge >= 0.3 is 6.18 Å². The molecule has 0 saturated carbocycles. The zero-order valence-electron chi connectivity index (χ0n) is 10.9. The highest BCUT2D eigenvalue weighted by molar-refractivity contribution is 9.10. The molecule has 1 rings (SSSR count). The molecule has 3 nitrogen and oxygen atoms in total. The molecule has 0 aliphatic carbocycles. The lowest BCUT2D eigenvalue weighted by Crippen LogP contribution is -2.34. The zero-order chi connectivity index (χ0) is 14.6. The highest BCUT2D eigenvalue weighted by atomic mass is 79.9. The molecule has 1 aromatic rings. The number of rotatable bonds is 4. The molecule has 0 unspecified atom stereocenters. The van der Waals surface area contributed by atoms with Gasteiger partial charge in [-0.1, -0.05) is 15.9 Å². The maximum atomic E-state index is 12.9. The summed E-state index contributed by atoms with van der Waals surface area (Å²) < 4.78 is 39.0. The Labute approximate surface area is 130 Å². The number of carbonyl (C=O) groups is 1. The Balaban J connectivity index is 0.00000361. The van der Waals surface area contributed by atoms with Gasteiger partial charge in [-0.2, -0.15) is 13.2 Å². The van der Waals surface area contributed by atoms with Crippen LogP contribution in [-0.2, 0) is 6.18 Å². The van der Waals surface area contributed by atoms with Crippen molar-refractivity contribution in [3.8, 4) is 0 Å². The Morgan fingerprint density at radius 1 is 1.40 bits per heavy atom. The molecule has 1 aromatic carbocycles. The van der Waals surface area contributed by atoms with Crippen molar-refractivity contribution < 1.29 is 18.0 Å². The van der Waals surface area contributed by atoms with Crippen LogP contribution in [0.2, 0.25) is 0 Å². The Bertz CT molecular complexity index is 469. The largest absolute Gasteiger partial charge is 0.417 e. The van der Waals surface area contributed by atoms with Gasteiger partial charge < -0.3 is 10.2 Å². The van der Waals surface area contributed by atoms with Crippen LogP contribution in [0.5, 0.6) is 0 Å². The number of carbonyl (C=O) groups excluding carboxylic acids is 1. The predicted molar refractivity (Wildman–Crippen MR) is 77.3 cm³/mol. The second-order valence-corrected chi connectivity index (χ2v) is 4.93. The Kier molecular flexibility index (Phi) is 7.54. The summed E-state index contributed by atoms with van der Waals surface area (Å²) in [5.74, 6) is -0.643. The van der Waals surface area contributed by atoms with Crippen LogP contribution in [0.25, 0.3) is 0 Å². The standard InChI is InChI=1S/C12H14BrF3N2O.ClH/c1-17-5-6-18(2)11(19)9-4-3-8(13)7-10(9)12(14,15)16;/h3-4,7,17H,5-6H2,1-2H3;1H. The molecular weight excluding hydrogens is 360 g/mol. The lowest BCUT2D eigenvalue weighted by Gasteiger charge is -2.20. The van der Waals surface area contributed by atoms with E-state index in [4.69, 9.17) is 0 Å². The van der Waals surface area contributed by atoms with Gasteiger partial charge in [-0.05, 0) is 25.2 Å². The van der Waals surface area contributed by atoms with E-state index < -0.39 is 17.6 Å². The molecule has 20 heavy (non-hydrogen) atoms. The van der Waals surface area contributed by atoms with Crippen molar-refractivity contribution in [1.29, 1.82) is 0 Å². The summed E-state index contributed by atoms with van der Waals surface area (Å²) in [7, 11) is 3.18. The molecule has 0 bridgehead atoms. The molecule has 0 radical (unpaired) electrons. The summed E-state index contributed by atoms with van der Waals surface area (Å²) in [6, 6.07) is 3.53. The number of alkyl halides is 3. The van der Waals surface area contributed by atoms with Crippen molar-refractivity contribution >= 4 is 34.2 Å². The summed E-state index contributed by atoms with van der Waals surface area (Å²) in [5.41, 5.74) is -1.27. The Hall–Kier alpha value is -0.790. The van der Waals surface area contributed by atoms with Gasteiger partial charge in [0.15, 0.2) is 0 Å². The number of nitrogens with one attached hydrogen (secondary N) is 1. The van der Waals surface area contributed by atoms with Crippen molar-refractivity contribution in [1.82, 2.24) is 10.2 Å². The molecule has 114 valence electrons. The third-order valence-corrected chi connectivity index (χ3v) is 3.05. The number of halogens is 5. The third-order valence-electron chi connectivity index (χ3n) is 2.56. The van der Waals surface area contributed by atoms with Gasteiger partial charge in [-0.3, -0.25) is 4.79 Å². The van der Waals surface area contributed by atoms with E-state index in [-0.39, 0.29) is 22.4 Å². The lowest BCUT2D eigenvalue weighted by molar-refractivity contribution is -0.138. The molecule has 0 atom stereocenters. The highest BCUT2D eigenvalue weighted by Crippen LogP contribution is 2.34. The van der Waals surface area contributed by atoms with E-state index in [1.54, 1.807) is 7.05 Å². The van der Waals surface area contributed by atoms with E-state index in [2.05, 4.69) is 21.2 Å². The van der Waals surface area contributed by atoms with Gasteiger partial charge in [-0.15, -0.1) is 12.4 Å². The second-order valence-electron chi connectivity index (χ2n) is 4.02. The van der Waals surface area contributed by atoms with E-state index in [1.165, 1.54) is 24.1 Å². The maximum Gasteiger partial charge on any atom is 0.417 e. The van der Waals surface area contributed by atoms with E-state index in [0.717, 1.165) is 6.07 Å². The van der Waals surface area contributed by atoms with Gasteiger partial charge in [0.2, 0.25) is 0 Å². The van der Waals surface area contributed by atoms with Crippen molar-refractivity contribution in [3.63, 3.8) is 0 Å². The summed E-state index contributed by atoms with van der Waals surface area (Å²) >= 11 is 2.98. The van der Waals surface area contributed by atoms with Gasteiger partial charge in [0.1, 0.15) is 0 Å². The van der Waals surface area contributed by atoms with Crippen molar-refractivity contribution in [2.24, 2.45) is 0 Å². The summed E-state index contributed by atoms with van der Waals surface area (Å²) in [6.07, 6.45) is -4.56. The van der Waals surface area contributed by atoms with E-state index >= 15 is 0 Å². The number of nitrogens with zero attached hydrogens (tertiary/aromatic N) is 1. The van der Waals surface area contributed by atoms with E-state index in [1.807, 2.05) is 0 Å². The summed E-state index contributed by atoms with van der Waals surface area (Å²) in [6.45, 7) is 0.850. The van der Waals surface area contributed by atoms with Gasteiger partial charge in [0, 0.05) is 24.6 Å². The van der Waals surface area contributed by atoms with Crippen LogP contribution >= 0.6 is 28.3 Å². The average molecular weight is 376 g/mol. The Morgan fingerprint density at radius 2 is 2.00 bits per heavy atom. The normalized spacial score (nSPS) is 10.9. The number of hydrogen-bond acceptors (Lipinski definition) is 2. The molecule has 0 saturated heterocycles. The summed E-state index contributed by atoms with van der Waals surface area (Å²) in [5, 5.41) is 2.84. The third kappa shape index (κ3) is 4.96. The van der Waals surface area contributed by atoms with Gasteiger partial charge in [-0.25, -0.2) is 0 Å². The molecule has 8 heteroatoms. The van der Waals surface area contributed by atoms with Crippen LogP contribution in [-0.4, -0.2) is 38.0 Å². The topological polar surface area (TPSA) is 32.3 Å². The number of hydrogen-bond donors (Lipinski definition) is 1. The second kappa shape index (κ2) is 7.85. The zero-order valence-corrected chi connectivity index (χ0v) is 13.3. The van der Waals surface area contributed by atoms with Crippen LogP contribution in [0.15, 0.2) is 22.7 Å². The minimum absolute atomic E-state index is 0. The van der Waals surface area contributed by atoms with Crippen LogP contribution in [0.1, 0.15) is 15.9 Å². The minimum Gasteiger partial charge on any atom is -0.340 e. The van der Waals surface area contributed by atoms with Crippen molar-refractivity contribution in [2.45, 2.75) is 6.18 Å². The fourth-order valence-corrected chi connectivity index (χ4v) is 1.89. The molecule has 0 aromatic heterocycles. The monoisotopic (exact) mass is 374 g/mol. The highest BCUT2D eigenvalue weighted by Gasteiger charge is 2.36. The van der Waals surface area contributed by atoms with Gasteiger partial charge in [0.25, 0.3) is 5.91 Å². The molecule has 0 heterocycles. The number of benzene rings is 1. The SMILES string of the molecule is CNCCN(C)C(=O)c1ccc(Br)cc1C(F)(F)F.Cl. The Morgan fingerprint density at radius 3 is 2.50 bits per heavy atom. The first-order valence-corrected chi connectivity index (χ1v) is 6.33. The van der Waals surface area contributed by atoms with Crippen molar-refractivity contribution in [2.75, 3.05) is 27.2 Å². The van der Waals surface area contributed by atoms with Crippen LogP contribution in [0, 0.1) is 0 Å². The van der Waals surface area contributed by atoms with E-state index in [9.17, 15) is 18.0 Å². The van der Waals surface area contributed by atoms with Crippen molar-refractivity contribution in [3.05, 3.63) is 33.8 Å². The molecule has 0 spiro atoms. The lowest BCUT2D eigenvalue weighted by atomic mass is 10.1. The minimum atomic E-state index is -4.56. The van der Waals surface area contributed by atoms with Crippen LogP contribution in [0.4, 0.5) is 13.2 Å². The molecule has 1 N–H and O–H groups in total. The fourth-order valence-electron chi connectivity index (χ4n) is 1.52. The first-order chi connectivity index (χ1) is 8.77. The molecule has 0 fully saturated rings. The maximum absolute atomic E-state index is 12.9. The quantitative estimate of drug-likeness (QED) is 0.877.